The van der Waals surface area contributed by atoms with E-state index in [9.17, 15) is 18.0 Å². The number of aromatic nitrogens is 3. The molecule has 1 amide bonds. The Morgan fingerprint density at radius 3 is 2.79 bits per heavy atom. The number of rotatable bonds is 2. The fourth-order valence-corrected chi connectivity index (χ4v) is 4.02. The average molecular weight is 393 g/mol. The lowest BCUT2D eigenvalue weighted by Gasteiger charge is -2.31. The third-order valence-corrected chi connectivity index (χ3v) is 5.41. The molecular formula is C19H22F3N5O. The molecule has 0 bridgehead atoms. The summed E-state index contributed by atoms with van der Waals surface area (Å²) in [6, 6.07) is 2.85. The zero-order valence-corrected chi connectivity index (χ0v) is 15.7. The predicted molar refractivity (Wildman–Crippen MR) is 97.0 cm³/mol. The summed E-state index contributed by atoms with van der Waals surface area (Å²) in [6.07, 6.45) is -1.45. The number of carbonyl (C=O) groups is 1. The van der Waals surface area contributed by atoms with Crippen LogP contribution in [0.2, 0.25) is 0 Å². The fourth-order valence-electron chi connectivity index (χ4n) is 4.02. The standard InChI is InChI=1S/C19H22F3N5O/c1-11-5-6-13(10-23-11)18(28)26-7-3-4-15(26)14-9-17-24-12(2)8-16(19(20,21)22)27(17)25-14/h5-6,9-10,12,15-16,24H,3-4,7-8H2,1-2H3/t12-,15-,16-/m1/s1. The molecule has 0 unspecified atom stereocenters. The summed E-state index contributed by atoms with van der Waals surface area (Å²) in [7, 11) is 0. The lowest BCUT2D eigenvalue weighted by atomic mass is 10.1. The van der Waals surface area contributed by atoms with Crippen LogP contribution in [0.25, 0.3) is 0 Å². The highest BCUT2D eigenvalue weighted by Crippen LogP contribution is 2.41. The van der Waals surface area contributed by atoms with Crippen molar-refractivity contribution in [3.05, 3.63) is 41.3 Å². The van der Waals surface area contributed by atoms with Gasteiger partial charge in [0, 0.05) is 30.5 Å². The second-order valence-corrected chi connectivity index (χ2v) is 7.58. The van der Waals surface area contributed by atoms with Gasteiger partial charge in [-0.15, -0.1) is 0 Å². The maximum Gasteiger partial charge on any atom is 0.410 e. The highest BCUT2D eigenvalue weighted by atomic mass is 19.4. The summed E-state index contributed by atoms with van der Waals surface area (Å²) in [5.41, 5.74) is 1.79. The van der Waals surface area contributed by atoms with Crippen LogP contribution < -0.4 is 5.32 Å². The molecule has 2 aromatic rings. The van der Waals surface area contributed by atoms with Crippen LogP contribution in [0.4, 0.5) is 19.0 Å². The van der Waals surface area contributed by atoms with Gasteiger partial charge in [0.15, 0.2) is 6.04 Å². The molecule has 0 aromatic carbocycles. The molecule has 2 aliphatic heterocycles. The summed E-state index contributed by atoms with van der Waals surface area (Å²) in [6.45, 7) is 4.12. The number of amides is 1. The van der Waals surface area contributed by atoms with Gasteiger partial charge in [-0.3, -0.25) is 9.78 Å². The maximum atomic E-state index is 13.5. The Morgan fingerprint density at radius 1 is 1.32 bits per heavy atom. The minimum Gasteiger partial charge on any atom is -0.368 e. The molecule has 2 aromatic heterocycles. The van der Waals surface area contributed by atoms with Gasteiger partial charge in [-0.2, -0.15) is 18.3 Å². The number of likely N-dealkylation sites (tertiary alicyclic amines) is 1. The summed E-state index contributed by atoms with van der Waals surface area (Å²) < 4.78 is 41.5. The van der Waals surface area contributed by atoms with E-state index in [-0.39, 0.29) is 24.4 Å². The third-order valence-electron chi connectivity index (χ3n) is 5.41. The van der Waals surface area contributed by atoms with Crippen molar-refractivity contribution in [2.45, 2.75) is 57.4 Å². The van der Waals surface area contributed by atoms with Crippen molar-refractivity contribution in [2.75, 3.05) is 11.9 Å². The molecule has 6 nitrogen and oxygen atoms in total. The van der Waals surface area contributed by atoms with E-state index in [2.05, 4.69) is 15.4 Å². The molecule has 4 heterocycles. The van der Waals surface area contributed by atoms with E-state index in [4.69, 9.17) is 0 Å². The van der Waals surface area contributed by atoms with Crippen LogP contribution in [0.1, 0.15) is 60.0 Å². The van der Waals surface area contributed by atoms with Crippen LogP contribution in [0.5, 0.6) is 0 Å². The Balaban J connectivity index is 1.64. The Labute approximate surface area is 160 Å². The fraction of sp³-hybridized carbons (Fsp3) is 0.526. The maximum absolute atomic E-state index is 13.5. The van der Waals surface area contributed by atoms with Gasteiger partial charge in [-0.25, -0.2) is 4.68 Å². The van der Waals surface area contributed by atoms with E-state index in [0.29, 0.717) is 30.0 Å². The molecule has 0 spiro atoms. The van der Waals surface area contributed by atoms with Gasteiger partial charge in [-0.05, 0) is 45.2 Å². The highest BCUT2D eigenvalue weighted by molar-refractivity contribution is 5.94. The van der Waals surface area contributed by atoms with Crippen molar-refractivity contribution in [1.29, 1.82) is 0 Å². The van der Waals surface area contributed by atoms with Crippen LogP contribution >= 0.6 is 0 Å². The Hall–Kier alpha value is -2.58. The number of nitrogens with zero attached hydrogens (tertiary/aromatic N) is 4. The molecular weight excluding hydrogens is 371 g/mol. The van der Waals surface area contributed by atoms with E-state index in [1.165, 1.54) is 6.20 Å². The van der Waals surface area contributed by atoms with Crippen LogP contribution in [-0.4, -0.2) is 44.3 Å². The lowest BCUT2D eigenvalue weighted by Crippen LogP contribution is -2.38. The number of carbonyl (C=O) groups excluding carboxylic acids is 1. The van der Waals surface area contributed by atoms with Crippen LogP contribution in [-0.2, 0) is 0 Å². The predicted octanol–water partition coefficient (Wildman–Crippen LogP) is 3.87. The van der Waals surface area contributed by atoms with Crippen molar-refractivity contribution in [1.82, 2.24) is 19.7 Å². The first-order valence-corrected chi connectivity index (χ1v) is 9.40. The number of pyridine rings is 1. The average Bonchev–Trinajstić information content (AvgIpc) is 3.26. The number of halogens is 3. The summed E-state index contributed by atoms with van der Waals surface area (Å²) in [5.74, 6) is 0.182. The van der Waals surface area contributed by atoms with Gasteiger partial charge in [0.1, 0.15) is 5.82 Å². The normalized spacial score (nSPS) is 24.8. The topological polar surface area (TPSA) is 63.1 Å². The molecule has 2 aliphatic rings. The first-order chi connectivity index (χ1) is 13.2. The van der Waals surface area contributed by atoms with Gasteiger partial charge >= 0.3 is 6.18 Å². The molecule has 150 valence electrons. The largest absolute Gasteiger partial charge is 0.410 e. The van der Waals surface area contributed by atoms with Crippen molar-refractivity contribution >= 4 is 11.7 Å². The zero-order chi connectivity index (χ0) is 20.1. The number of fused-ring (bicyclic) bond motifs is 1. The van der Waals surface area contributed by atoms with Gasteiger partial charge in [0.05, 0.1) is 17.3 Å². The SMILES string of the molecule is Cc1ccc(C(=O)N2CCC[C@@H]2c2cc3n(n2)[C@@H](C(F)(F)F)C[C@@H](C)N3)cn1. The number of hydrogen-bond acceptors (Lipinski definition) is 4. The molecule has 28 heavy (non-hydrogen) atoms. The molecule has 0 radical (unpaired) electrons. The van der Waals surface area contributed by atoms with E-state index in [1.54, 1.807) is 30.0 Å². The Morgan fingerprint density at radius 2 is 2.11 bits per heavy atom. The first-order valence-electron chi connectivity index (χ1n) is 9.40. The molecule has 9 heteroatoms. The van der Waals surface area contributed by atoms with Crippen LogP contribution in [0, 0.1) is 6.92 Å². The smallest absolute Gasteiger partial charge is 0.368 e. The molecule has 0 aliphatic carbocycles. The quantitative estimate of drug-likeness (QED) is 0.841. The van der Waals surface area contributed by atoms with Crippen molar-refractivity contribution in [3.8, 4) is 0 Å². The molecule has 3 atom stereocenters. The van der Waals surface area contributed by atoms with Crippen LogP contribution in [0.3, 0.4) is 0 Å². The number of aryl methyl sites for hydroxylation is 1. The van der Waals surface area contributed by atoms with Crippen molar-refractivity contribution in [3.63, 3.8) is 0 Å². The lowest BCUT2D eigenvalue weighted by molar-refractivity contribution is -0.173. The summed E-state index contributed by atoms with van der Waals surface area (Å²) >= 11 is 0. The highest BCUT2D eigenvalue weighted by Gasteiger charge is 2.46. The van der Waals surface area contributed by atoms with Gasteiger partial charge in [0.2, 0.25) is 0 Å². The zero-order valence-electron chi connectivity index (χ0n) is 15.7. The Kier molecular flexibility index (Phi) is 4.55. The molecule has 1 fully saturated rings. The Bertz CT molecular complexity index is 877. The number of hydrogen-bond donors (Lipinski definition) is 1. The minimum atomic E-state index is -4.37. The monoisotopic (exact) mass is 393 g/mol. The summed E-state index contributed by atoms with van der Waals surface area (Å²) in [5, 5.41) is 7.35. The van der Waals surface area contributed by atoms with Crippen LogP contribution in [0.15, 0.2) is 24.4 Å². The minimum absolute atomic E-state index is 0.0695. The first kappa shape index (κ1) is 18.8. The molecule has 4 rings (SSSR count). The summed E-state index contributed by atoms with van der Waals surface area (Å²) in [4.78, 5) is 18.8. The number of alkyl halides is 3. The molecule has 1 saturated heterocycles. The second kappa shape index (κ2) is 6.79. The molecule has 1 N–H and O–H groups in total. The van der Waals surface area contributed by atoms with E-state index >= 15 is 0 Å². The van der Waals surface area contributed by atoms with Gasteiger partial charge in [-0.1, -0.05) is 0 Å². The van der Waals surface area contributed by atoms with E-state index in [1.807, 2.05) is 6.92 Å². The van der Waals surface area contributed by atoms with Gasteiger partial charge in [0.25, 0.3) is 5.91 Å². The van der Waals surface area contributed by atoms with E-state index in [0.717, 1.165) is 16.8 Å². The second-order valence-electron chi connectivity index (χ2n) is 7.58. The molecule has 0 saturated carbocycles. The van der Waals surface area contributed by atoms with Gasteiger partial charge < -0.3 is 10.2 Å². The number of anilines is 1. The van der Waals surface area contributed by atoms with Crippen molar-refractivity contribution < 1.29 is 18.0 Å². The van der Waals surface area contributed by atoms with E-state index < -0.39 is 12.2 Å². The van der Waals surface area contributed by atoms with Crippen molar-refractivity contribution in [2.24, 2.45) is 0 Å². The number of nitrogens with one attached hydrogen (secondary N) is 1. The third kappa shape index (κ3) is 3.33.